The number of nitrogens with one attached hydrogen (secondary N) is 1. The summed E-state index contributed by atoms with van der Waals surface area (Å²) in [6.45, 7) is 0.460. The summed E-state index contributed by atoms with van der Waals surface area (Å²) in [7, 11) is 1.34. The van der Waals surface area contributed by atoms with Crippen LogP contribution in [0.25, 0.3) is 11.1 Å². The SMILES string of the molecule is COC(=O)Cc1cccc2c1OC(c1cccc(-c3cccc(CN)c3)c1)C(=O)N2. The van der Waals surface area contributed by atoms with Crippen LogP contribution in [0.4, 0.5) is 5.69 Å². The minimum atomic E-state index is -0.825. The summed E-state index contributed by atoms with van der Waals surface area (Å²) in [6, 6.07) is 21.0. The summed E-state index contributed by atoms with van der Waals surface area (Å²) < 4.78 is 10.9. The maximum Gasteiger partial charge on any atom is 0.310 e. The van der Waals surface area contributed by atoms with Crippen LogP contribution < -0.4 is 15.8 Å². The van der Waals surface area contributed by atoms with Crippen LogP contribution in [0.5, 0.6) is 5.75 Å². The van der Waals surface area contributed by atoms with Crippen LogP contribution in [0, 0.1) is 0 Å². The molecule has 3 N–H and O–H groups in total. The fourth-order valence-corrected chi connectivity index (χ4v) is 3.54. The Morgan fingerprint density at radius 2 is 1.80 bits per heavy atom. The minimum absolute atomic E-state index is 0.0637. The number of esters is 1. The molecule has 4 rings (SSSR count). The van der Waals surface area contributed by atoms with Crippen LogP contribution in [0.15, 0.2) is 66.7 Å². The standard InChI is InChI=1S/C24H22N2O4/c1-29-21(27)13-19-9-4-10-20-22(19)30-23(24(28)26-20)18-8-3-7-17(12-18)16-6-2-5-15(11-16)14-25/h2-12,23H,13-14,25H2,1H3,(H,26,28). The van der Waals surface area contributed by atoms with Crippen molar-refractivity contribution in [2.24, 2.45) is 5.73 Å². The Morgan fingerprint density at radius 1 is 1.07 bits per heavy atom. The van der Waals surface area contributed by atoms with Crippen LogP contribution in [0.1, 0.15) is 22.8 Å². The number of anilines is 1. The van der Waals surface area contributed by atoms with Crippen LogP contribution in [-0.4, -0.2) is 19.0 Å². The Bertz CT molecular complexity index is 1110. The van der Waals surface area contributed by atoms with E-state index in [-0.39, 0.29) is 18.3 Å². The highest BCUT2D eigenvalue weighted by Gasteiger charge is 2.31. The van der Waals surface area contributed by atoms with Gasteiger partial charge in [0.15, 0.2) is 0 Å². The third-order valence-electron chi connectivity index (χ3n) is 5.08. The summed E-state index contributed by atoms with van der Waals surface area (Å²) in [5.41, 5.74) is 10.7. The third-order valence-corrected chi connectivity index (χ3v) is 5.08. The first-order valence-electron chi connectivity index (χ1n) is 9.64. The van der Waals surface area contributed by atoms with Crippen molar-refractivity contribution in [2.45, 2.75) is 19.1 Å². The van der Waals surface area contributed by atoms with E-state index in [1.165, 1.54) is 7.11 Å². The number of carbonyl (C=O) groups excluding carboxylic acids is 2. The van der Waals surface area contributed by atoms with Gasteiger partial charge < -0.3 is 20.5 Å². The molecule has 152 valence electrons. The monoisotopic (exact) mass is 402 g/mol. The van der Waals surface area contributed by atoms with Gasteiger partial charge in [-0.05, 0) is 34.9 Å². The Kier molecular flexibility index (Phi) is 5.50. The second-order valence-corrected chi connectivity index (χ2v) is 7.06. The van der Waals surface area contributed by atoms with Gasteiger partial charge in [-0.3, -0.25) is 9.59 Å². The molecule has 1 atom stereocenters. The van der Waals surface area contributed by atoms with Gasteiger partial charge in [0.1, 0.15) is 5.75 Å². The summed E-state index contributed by atoms with van der Waals surface area (Å²) in [5, 5.41) is 2.89. The van der Waals surface area contributed by atoms with Gasteiger partial charge in [0.05, 0.1) is 19.2 Å². The van der Waals surface area contributed by atoms with Crippen molar-refractivity contribution in [2.75, 3.05) is 12.4 Å². The van der Waals surface area contributed by atoms with E-state index in [2.05, 4.69) is 5.32 Å². The summed E-state index contributed by atoms with van der Waals surface area (Å²) in [5.74, 6) is -0.143. The van der Waals surface area contributed by atoms with E-state index >= 15 is 0 Å². The quantitative estimate of drug-likeness (QED) is 0.637. The molecular weight excluding hydrogens is 380 g/mol. The molecule has 1 amide bonds. The first-order chi connectivity index (χ1) is 14.6. The lowest BCUT2D eigenvalue weighted by atomic mass is 9.98. The highest BCUT2D eigenvalue weighted by atomic mass is 16.5. The first-order valence-corrected chi connectivity index (χ1v) is 9.64. The van der Waals surface area contributed by atoms with Crippen molar-refractivity contribution in [1.29, 1.82) is 0 Å². The van der Waals surface area contributed by atoms with Gasteiger partial charge >= 0.3 is 5.97 Å². The number of hydrogen-bond donors (Lipinski definition) is 2. The number of hydrogen-bond acceptors (Lipinski definition) is 5. The summed E-state index contributed by atoms with van der Waals surface area (Å²) >= 11 is 0. The molecule has 0 radical (unpaired) electrons. The highest BCUT2D eigenvalue weighted by molar-refractivity contribution is 5.99. The average molecular weight is 402 g/mol. The van der Waals surface area contributed by atoms with E-state index in [1.54, 1.807) is 18.2 Å². The third kappa shape index (κ3) is 3.90. The molecule has 1 aliphatic heterocycles. The van der Waals surface area contributed by atoms with Gasteiger partial charge in [0.25, 0.3) is 5.91 Å². The molecule has 30 heavy (non-hydrogen) atoms. The zero-order chi connectivity index (χ0) is 21.1. The van der Waals surface area contributed by atoms with Crippen LogP contribution in [-0.2, 0) is 27.3 Å². The van der Waals surface area contributed by atoms with E-state index in [0.29, 0.717) is 23.5 Å². The molecule has 1 aliphatic rings. The Balaban J connectivity index is 1.67. The molecule has 3 aromatic carbocycles. The number of para-hydroxylation sites is 1. The van der Waals surface area contributed by atoms with Crippen LogP contribution >= 0.6 is 0 Å². The Labute approximate surface area is 174 Å². The molecule has 0 fully saturated rings. The van der Waals surface area contributed by atoms with Crippen molar-refractivity contribution in [3.63, 3.8) is 0 Å². The molecule has 1 unspecified atom stereocenters. The summed E-state index contributed by atoms with van der Waals surface area (Å²) in [4.78, 5) is 24.5. The number of fused-ring (bicyclic) bond motifs is 1. The number of amides is 1. The van der Waals surface area contributed by atoms with E-state index in [1.807, 2.05) is 48.5 Å². The van der Waals surface area contributed by atoms with Crippen LogP contribution in [0.2, 0.25) is 0 Å². The first kappa shape index (κ1) is 19.7. The van der Waals surface area contributed by atoms with Gasteiger partial charge in [0, 0.05) is 17.7 Å². The fraction of sp³-hybridized carbons (Fsp3) is 0.167. The molecular formula is C24H22N2O4. The number of rotatable bonds is 5. The van der Waals surface area contributed by atoms with Gasteiger partial charge in [-0.25, -0.2) is 0 Å². The molecule has 6 heteroatoms. The van der Waals surface area contributed by atoms with Crippen molar-refractivity contribution in [3.05, 3.63) is 83.4 Å². The lowest BCUT2D eigenvalue weighted by Crippen LogP contribution is -2.30. The van der Waals surface area contributed by atoms with Gasteiger partial charge in [-0.2, -0.15) is 0 Å². The van der Waals surface area contributed by atoms with E-state index in [9.17, 15) is 9.59 Å². The molecule has 1 heterocycles. The van der Waals surface area contributed by atoms with Gasteiger partial charge in [-0.15, -0.1) is 0 Å². The van der Waals surface area contributed by atoms with Crippen molar-refractivity contribution in [1.82, 2.24) is 0 Å². The number of methoxy groups -OCH3 is 1. The second kappa shape index (κ2) is 8.39. The Morgan fingerprint density at radius 3 is 2.57 bits per heavy atom. The van der Waals surface area contributed by atoms with E-state index in [4.69, 9.17) is 15.2 Å². The normalized spacial score (nSPS) is 15.0. The topological polar surface area (TPSA) is 90.7 Å². The average Bonchev–Trinajstić information content (AvgIpc) is 2.78. The predicted molar refractivity (Wildman–Crippen MR) is 114 cm³/mol. The van der Waals surface area contributed by atoms with Crippen molar-refractivity contribution >= 4 is 17.6 Å². The highest BCUT2D eigenvalue weighted by Crippen LogP contribution is 2.38. The molecule has 0 aromatic heterocycles. The second-order valence-electron chi connectivity index (χ2n) is 7.06. The zero-order valence-corrected chi connectivity index (χ0v) is 16.6. The van der Waals surface area contributed by atoms with E-state index < -0.39 is 6.10 Å². The van der Waals surface area contributed by atoms with Crippen molar-refractivity contribution in [3.8, 4) is 16.9 Å². The molecule has 0 aliphatic carbocycles. The number of carbonyl (C=O) groups is 2. The molecule has 6 nitrogen and oxygen atoms in total. The molecule has 0 saturated carbocycles. The largest absolute Gasteiger partial charge is 0.473 e. The predicted octanol–water partition coefficient (Wildman–Crippen LogP) is 3.60. The minimum Gasteiger partial charge on any atom is -0.473 e. The molecule has 0 bridgehead atoms. The maximum absolute atomic E-state index is 12.8. The fourth-order valence-electron chi connectivity index (χ4n) is 3.54. The lowest BCUT2D eigenvalue weighted by molar-refractivity contribution is -0.139. The van der Waals surface area contributed by atoms with Crippen molar-refractivity contribution < 1.29 is 19.1 Å². The van der Waals surface area contributed by atoms with Gasteiger partial charge in [0.2, 0.25) is 6.10 Å². The summed E-state index contributed by atoms with van der Waals surface area (Å²) in [6.07, 6.45) is -0.761. The molecule has 3 aromatic rings. The molecule has 0 saturated heterocycles. The number of ether oxygens (including phenoxy) is 2. The number of benzene rings is 3. The molecule has 0 spiro atoms. The van der Waals surface area contributed by atoms with Gasteiger partial charge in [-0.1, -0.05) is 48.5 Å². The smallest absolute Gasteiger partial charge is 0.310 e. The maximum atomic E-state index is 12.8. The van der Waals surface area contributed by atoms with E-state index in [0.717, 1.165) is 22.3 Å². The zero-order valence-electron chi connectivity index (χ0n) is 16.6. The Hall–Kier alpha value is -3.64. The van der Waals surface area contributed by atoms with Crippen LogP contribution in [0.3, 0.4) is 0 Å². The lowest BCUT2D eigenvalue weighted by Gasteiger charge is -2.28. The number of nitrogens with two attached hydrogens (primary N) is 1.